The van der Waals surface area contributed by atoms with Crippen molar-refractivity contribution in [2.75, 3.05) is 4.90 Å². The fraction of sp³-hybridized carbons (Fsp3) is 0.0959. The fourth-order valence-electron chi connectivity index (χ4n) is 13.7. The van der Waals surface area contributed by atoms with E-state index in [0.717, 1.165) is 50.1 Å². The Hall–Kier alpha value is -8.98. The van der Waals surface area contributed by atoms with Gasteiger partial charge in [0.15, 0.2) is 0 Å². The second-order valence-electron chi connectivity index (χ2n) is 22.0. The van der Waals surface area contributed by atoms with Gasteiger partial charge in [0.25, 0.3) is 0 Å². The highest BCUT2D eigenvalue weighted by atomic mass is 16.3. The molecule has 1 unspecified atom stereocenters. The Morgan fingerprint density at radius 1 is 0.307 bits per heavy atom. The minimum Gasteiger partial charge on any atom is -0.456 e. The van der Waals surface area contributed by atoms with Gasteiger partial charge in [0.05, 0.1) is 16.5 Å². The Kier molecular flexibility index (Phi) is 9.30. The second-order valence-corrected chi connectivity index (χ2v) is 22.0. The Morgan fingerprint density at radius 2 is 0.773 bits per heavy atom. The van der Waals surface area contributed by atoms with Gasteiger partial charge in [-0.2, -0.15) is 0 Å². The summed E-state index contributed by atoms with van der Waals surface area (Å²) in [4.78, 5) is 2.48. The van der Waals surface area contributed by atoms with Crippen LogP contribution in [0.3, 0.4) is 0 Å². The van der Waals surface area contributed by atoms with E-state index < -0.39 is 5.41 Å². The van der Waals surface area contributed by atoms with E-state index in [1.807, 2.05) is 0 Å². The highest BCUT2D eigenvalue weighted by molar-refractivity contribution is 6.14. The van der Waals surface area contributed by atoms with Crippen molar-refractivity contribution < 1.29 is 4.42 Å². The average molecular weight is 960 g/mol. The molecule has 0 aliphatic heterocycles. The molecular weight excluding hydrogens is 907 g/mol. The molecule has 0 saturated heterocycles. The highest BCUT2D eigenvalue weighted by Crippen LogP contribution is 2.58. The molecule has 356 valence electrons. The predicted molar refractivity (Wildman–Crippen MR) is 312 cm³/mol. The molecule has 2 heteroatoms. The van der Waals surface area contributed by atoms with Crippen molar-refractivity contribution in [3.05, 3.63) is 293 Å². The molecule has 15 rings (SSSR count). The van der Waals surface area contributed by atoms with Crippen LogP contribution in [0.1, 0.15) is 72.2 Å². The molecule has 12 aromatic rings. The first-order chi connectivity index (χ1) is 36.7. The lowest BCUT2D eigenvalue weighted by atomic mass is 9.67. The maximum Gasteiger partial charge on any atom is 0.137 e. The molecule has 0 amide bonds. The topological polar surface area (TPSA) is 16.4 Å². The van der Waals surface area contributed by atoms with Crippen LogP contribution >= 0.6 is 0 Å². The Morgan fingerprint density at radius 3 is 1.41 bits per heavy atom. The van der Waals surface area contributed by atoms with Crippen LogP contribution in [0.2, 0.25) is 0 Å². The lowest BCUT2D eigenvalue weighted by Gasteiger charge is -2.34. The Labute approximate surface area is 438 Å². The van der Waals surface area contributed by atoms with E-state index in [4.69, 9.17) is 4.42 Å². The molecule has 3 aliphatic rings. The number of hydrogen-bond donors (Lipinski definition) is 0. The van der Waals surface area contributed by atoms with Gasteiger partial charge in [-0.05, 0) is 155 Å². The van der Waals surface area contributed by atoms with Crippen molar-refractivity contribution in [1.29, 1.82) is 0 Å². The Bertz CT molecular complexity index is 4180. The predicted octanol–water partition coefficient (Wildman–Crippen LogP) is 19.4. The Balaban J connectivity index is 0.894. The molecule has 0 fully saturated rings. The monoisotopic (exact) mass is 959 g/mol. The van der Waals surface area contributed by atoms with Crippen LogP contribution in [0.15, 0.2) is 253 Å². The molecule has 0 N–H and O–H groups in total. The van der Waals surface area contributed by atoms with E-state index in [1.165, 1.54) is 89.0 Å². The van der Waals surface area contributed by atoms with Crippen molar-refractivity contribution in [1.82, 2.24) is 0 Å². The molecule has 0 radical (unpaired) electrons. The summed E-state index contributed by atoms with van der Waals surface area (Å²) in [6.07, 6.45) is 0. The first kappa shape index (κ1) is 43.6. The summed E-state index contributed by atoms with van der Waals surface area (Å²) in [7, 11) is 0. The molecule has 0 spiro atoms. The number of benzene rings is 11. The molecule has 3 aliphatic carbocycles. The van der Waals surface area contributed by atoms with Crippen molar-refractivity contribution in [3.63, 3.8) is 0 Å². The summed E-state index contributed by atoms with van der Waals surface area (Å²) in [6.45, 7) is 9.47. The maximum atomic E-state index is 7.02. The zero-order chi connectivity index (χ0) is 50.2. The first-order valence-electron chi connectivity index (χ1n) is 26.4. The van der Waals surface area contributed by atoms with E-state index in [9.17, 15) is 0 Å². The summed E-state index contributed by atoms with van der Waals surface area (Å²) in [5, 5.41) is 2.18. The van der Waals surface area contributed by atoms with Gasteiger partial charge in [0.1, 0.15) is 11.2 Å². The van der Waals surface area contributed by atoms with E-state index in [-0.39, 0.29) is 10.8 Å². The van der Waals surface area contributed by atoms with Gasteiger partial charge in [-0.1, -0.05) is 222 Å². The number of rotatable bonds is 7. The molecule has 1 atom stereocenters. The van der Waals surface area contributed by atoms with Crippen LogP contribution < -0.4 is 4.90 Å². The van der Waals surface area contributed by atoms with Crippen LogP contribution in [0.5, 0.6) is 0 Å². The van der Waals surface area contributed by atoms with Crippen LogP contribution in [-0.2, 0) is 16.2 Å². The maximum absolute atomic E-state index is 7.02. The normalized spacial score (nSPS) is 16.0. The number of fused-ring (bicyclic) bond motifs is 12. The highest BCUT2D eigenvalue weighted by Gasteiger charge is 2.46. The van der Waals surface area contributed by atoms with E-state index in [2.05, 4.69) is 281 Å². The van der Waals surface area contributed by atoms with Crippen LogP contribution in [0.4, 0.5) is 17.1 Å². The van der Waals surface area contributed by atoms with E-state index >= 15 is 0 Å². The lowest BCUT2D eigenvalue weighted by Crippen LogP contribution is -2.28. The molecule has 75 heavy (non-hydrogen) atoms. The molecule has 0 bridgehead atoms. The summed E-state index contributed by atoms with van der Waals surface area (Å²) < 4.78 is 7.02. The molecule has 2 nitrogen and oxygen atoms in total. The minimum atomic E-state index is -0.536. The van der Waals surface area contributed by atoms with Gasteiger partial charge in [-0.3, -0.25) is 0 Å². The summed E-state index contributed by atoms with van der Waals surface area (Å²) in [5.41, 5.74) is 27.2. The first-order valence-corrected chi connectivity index (χ1v) is 26.4. The summed E-state index contributed by atoms with van der Waals surface area (Å²) in [5.74, 6) is 0. The van der Waals surface area contributed by atoms with Crippen molar-refractivity contribution in [2.45, 2.75) is 43.9 Å². The number of anilines is 3. The zero-order valence-corrected chi connectivity index (χ0v) is 42.5. The molecular formula is C73H53NO. The van der Waals surface area contributed by atoms with Gasteiger partial charge in [-0.15, -0.1) is 0 Å². The molecule has 1 aromatic heterocycles. The van der Waals surface area contributed by atoms with Gasteiger partial charge in [-0.25, -0.2) is 0 Å². The number of nitrogens with zero attached hydrogens (tertiary/aromatic N) is 1. The molecule has 0 saturated carbocycles. The average Bonchev–Trinajstić information content (AvgIpc) is 4.18. The largest absolute Gasteiger partial charge is 0.456 e. The summed E-state index contributed by atoms with van der Waals surface area (Å²) >= 11 is 0. The van der Waals surface area contributed by atoms with Gasteiger partial charge in [0, 0.05) is 27.6 Å². The van der Waals surface area contributed by atoms with Crippen LogP contribution in [-0.4, -0.2) is 0 Å². The quantitative estimate of drug-likeness (QED) is 0.158. The smallest absolute Gasteiger partial charge is 0.137 e. The second kappa shape index (κ2) is 16.0. The third-order valence-electron chi connectivity index (χ3n) is 17.4. The minimum absolute atomic E-state index is 0.159. The number of furan rings is 1. The van der Waals surface area contributed by atoms with Crippen molar-refractivity contribution >= 4 is 39.0 Å². The van der Waals surface area contributed by atoms with Gasteiger partial charge >= 0.3 is 0 Å². The third kappa shape index (κ3) is 6.20. The van der Waals surface area contributed by atoms with Gasteiger partial charge < -0.3 is 9.32 Å². The third-order valence-corrected chi connectivity index (χ3v) is 17.4. The standard InChI is InChI=1S/C73H53NO/c1-71(2)61-25-14-11-22-54(61)57-40-36-52(44-64(57)71)74(53-37-41-58-55-23-12-15-26-62(55)72(3,4)65(58)45-53)67-28-17-29-68-70(67)60-39-33-49(43-69(60)75-68)48-32-38-59-56-24-13-16-27-63(56)73(66(59)42-48,50-20-9-6-10-21-50)51-34-30-47(31-35-51)46-18-7-5-8-19-46/h5-45H,1-4H3. The van der Waals surface area contributed by atoms with Gasteiger partial charge in [0.2, 0.25) is 0 Å². The lowest BCUT2D eigenvalue weighted by molar-refractivity contribution is 0.660. The van der Waals surface area contributed by atoms with E-state index in [0.29, 0.717) is 0 Å². The molecule has 1 heterocycles. The summed E-state index contributed by atoms with van der Waals surface area (Å²) in [6, 6.07) is 92.6. The van der Waals surface area contributed by atoms with E-state index in [1.54, 1.807) is 0 Å². The van der Waals surface area contributed by atoms with Crippen molar-refractivity contribution in [3.8, 4) is 55.6 Å². The molecule has 11 aromatic carbocycles. The zero-order valence-electron chi connectivity index (χ0n) is 42.5. The van der Waals surface area contributed by atoms with Crippen molar-refractivity contribution in [2.24, 2.45) is 0 Å². The fourth-order valence-corrected chi connectivity index (χ4v) is 13.7. The SMILES string of the molecule is CC1(C)c2ccccc2-c2ccc(N(c3ccc4c(c3)C(C)(C)c3ccccc3-4)c3cccc4oc5cc(-c6ccc7c(c6)C(c6ccccc6)(c6ccc(-c8ccccc8)cc6)c6ccccc6-7)ccc5c34)cc21. The van der Waals surface area contributed by atoms with Crippen LogP contribution in [0.25, 0.3) is 77.6 Å². The van der Waals surface area contributed by atoms with Crippen LogP contribution in [0, 0.1) is 0 Å². The number of hydrogen-bond acceptors (Lipinski definition) is 2.